The van der Waals surface area contributed by atoms with Gasteiger partial charge in [-0.2, -0.15) is 0 Å². The van der Waals surface area contributed by atoms with Crippen molar-refractivity contribution in [1.29, 1.82) is 0 Å². The Kier molecular flexibility index (Phi) is 4.33. The second-order valence-corrected chi connectivity index (χ2v) is 4.96. The van der Waals surface area contributed by atoms with Gasteiger partial charge in [-0.05, 0) is 41.1 Å². The molecule has 0 radical (unpaired) electrons. The van der Waals surface area contributed by atoms with Crippen molar-refractivity contribution >= 4 is 15.9 Å². The zero-order valence-corrected chi connectivity index (χ0v) is 11.7. The van der Waals surface area contributed by atoms with Crippen molar-refractivity contribution < 1.29 is 5.11 Å². The number of halogens is 1. The molecule has 0 spiro atoms. The highest BCUT2D eigenvalue weighted by molar-refractivity contribution is 9.10. The Balaban J connectivity index is 2.02. The summed E-state index contributed by atoms with van der Waals surface area (Å²) in [6, 6.07) is 11.6. The highest BCUT2D eigenvalue weighted by atomic mass is 79.9. The lowest BCUT2D eigenvalue weighted by Gasteiger charge is -2.14. The van der Waals surface area contributed by atoms with Crippen LogP contribution in [-0.2, 0) is 6.54 Å². The Morgan fingerprint density at radius 3 is 2.83 bits per heavy atom. The van der Waals surface area contributed by atoms with Crippen LogP contribution in [-0.4, -0.2) is 10.1 Å². The number of rotatable bonds is 4. The van der Waals surface area contributed by atoms with Gasteiger partial charge in [-0.3, -0.25) is 4.98 Å². The van der Waals surface area contributed by atoms with Gasteiger partial charge >= 0.3 is 0 Å². The maximum Gasteiger partial charge on any atom is 0.134 e. The number of hydrogen-bond donors (Lipinski definition) is 2. The third-order valence-electron chi connectivity index (χ3n) is 2.80. The molecule has 2 rings (SSSR count). The largest absolute Gasteiger partial charge is 0.506 e. The standard InChI is InChI=1S/C14H15BrN2O/c1-10(13-7-2-3-8-16-13)17-9-11-5-4-6-12(15)14(11)18/h2-8,10,17-18H,9H2,1H3/t10-/m0/s1. The van der Waals surface area contributed by atoms with E-state index in [1.807, 2.05) is 36.4 Å². The topological polar surface area (TPSA) is 45.1 Å². The molecule has 94 valence electrons. The minimum Gasteiger partial charge on any atom is -0.506 e. The molecule has 0 bridgehead atoms. The smallest absolute Gasteiger partial charge is 0.134 e. The Bertz CT molecular complexity index is 516. The van der Waals surface area contributed by atoms with Crippen molar-refractivity contribution in [1.82, 2.24) is 10.3 Å². The summed E-state index contributed by atoms with van der Waals surface area (Å²) in [7, 11) is 0. The molecule has 1 atom stereocenters. The average molecular weight is 307 g/mol. The van der Waals surface area contributed by atoms with E-state index in [2.05, 4.69) is 33.2 Å². The maximum absolute atomic E-state index is 9.88. The van der Waals surface area contributed by atoms with E-state index in [1.54, 1.807) is 6.20 Å². The number of phenols is 1. The quantitative estimate of drug-likeness (QED) is 0.910. The first-order valence-electron chi connectivity index (χ1n) is 5.79. The number of phenolic OH excluding ortho intramolecular Hbond substituents is 1. The first-order valence-corrected chi connectivity index (χ1v) is 6.58. The van der Waals surface area contributed by atoms with Crippen LogP contribution >= 0.6 is 15.9 Å². The molecule has 0 aliphatic rings. The number of benzene rings is 1. The van der Waals surface area contributed by atoms with E-state index < -0.39 is 0 Å². The second-order valence-electron chi connectivity index (χ2n) is 4.10. The molecule has 0 fully saturated rings. The lowest BCUT2D eigenvalue weighted by atomic mass is 10.1. The van der Waals surface area contributed by atoms with Crippen LogP contribution in [0.2, 0.25) is 0 Å². The van der Waals surface area contributed by atoms with E-state index in [-0.39, 0.29) is 6.04 Å². The number of aromatic nitrogens is 1. The van der Waals surface area contributed by atoms with Crippen LogP contribution in [0.15, 0.2) is 47.1 Å². The molecule has 0 aliphatic heterocycles. The molecule has 0 aliphatic carbocycles. The molecule has 1 aromatic carbocycles. The molecule has 2 N–H and O–H groups in total. The number of nitrogens with zero attached hydrogens (tertiary/aromatic N) is 1. The van der Waals surface area contributed by atoms with E-state index in [1.165, 1.54) is 0 Å². The average Bonchev–Trinajstić information content (AvgIpc) is 2.41. The normalized spacial score (nSPS) is 12.3. The molecule has 0 saturated heterocycles. The SMILES string of the molecule is C[C@H](NCc1cccc(Br)c1O)c1ccccn1. The molecule has 0 unspecified atom stereocenters. The lowest BCUT2D eigenvalue weighted by Crippen LogP contribution is -2.19. The van der Waals surface area contributed by atoms with Gasteiger partial charge in [0.15, 0.2) is 0 Å². The predicted octanol–water partition coefficient (Wildman–Crippen LogP) is 3.40. The summed E-state index contributed by atoms with van der Waals surface area (Å²) in [4.78, 5) is 4.30. The zero-order chi connectivity index (χ0) is 13.0. The van der Waals surface area contributed by atoms with E-state index in [0.717, 1.165) is 11.3 Å². The fourth-order valence-corrected chi connectivity index (χ4v) is 2.11. The third kappa shape index (κ3) is 3.09. The van der Waals surface area contributed by atoms with Crippen LogP contribution in [0, 0.1) is 0 Å². The highest BCUT2D eigenvalue weighted by Crippen LogP contribution is 2.27. The third-order valence-corrected chi connectivity index (χ3v) is 3.44. The van der Waals surface area contributed by atoms with Gasteiger partial charge < -0.3 is 10.4 Å². The number of para-hydroxylation sites is 1. The summed E-state index contributed by atoms with van der Waals surface area (Å²) < 4.78 is 0.715. The molecule has 18 heavy (non-hydrogen) atoms. The van der Waals surface area contributed by atoms with Crippen LogP contribution in [0.4, 0.5) is 0 Å². The lowest BCUT2D eigenvalue weighted by molar-refractivity contribution is 0.456. The second kappa shape index (κ2) is 5.98. The maximum atomic E-state index is 9.88. The van der Waals surface area contributed by atoms with E-state index >= 15 is 0 Å². The summed E-state index contributed by atoms with van der Waals surface area (Å²) >= 11 is 3.31. The van der Waals surface area contributed by atoms with Crippen LogP contribution in [0.1, 0.15) is 24.2 Å². The molecule has 2 aromatic rings. The van der Waals surface area contributed by atoms with Gasteiger partial charge in [0.2, 0.25) is 0 Å². The monoisotopic (exact) mass is 306 g/mol. The molecular formula is C14H15BrN2O. The van der Waals surface area contributed by atoms with Crippen LogP contribution in [0.3, 0.4) is 0 Å². The van der Waals surface area contributed by atoms with Gasteiger partial charge in [0, 0.05) is 24.3 Å². The molecule has 1 heterocycles. The highest BCUT2D eigenvalue weighted by Gasteiger charge is 2.08. The Morgan fingerprint density at radius 1 is 1.28 bits per heavy atom. The summed E-state index contributed by atoms with van der Waals surface area (Å²) in [5, 5.41) is 13.2. The fraction of sp³-hybridized carbons (Fsp3) is 0.214. The predicted molar refractivity (Wildman–Crippen MR) is 75.3 cm³/mol. The van der Waals surface area contributed by atoms with Crippen molar-refractivity contribution in [2.45, 2.75) is 19.5 Å². The summed E-state index contributed by atoms with van der Waals surface area (Å²) in [6.07, 6.45) is 1.78. The van der Waals surface area contributed by atoms with Gasteiger partial charge in [0.1, 0.15) is 5.75 Å². The van der Waals surface area contributed by atoms with Gasteiger partial charge in [-0.15, -0.1) is 0 Å². The first-order chi connectivity index (χ1) is 8.68. The number of nitrogens with one attached hydrogen (secondary N) is 1. The molecule has 0 saturated carbocycles. The van der Waals surface area contributed by atoms with Crippen molar-refractivity contribution in [2.75, 3.05) is 0 Å². The van der Waals surface area contributed by atoms with Crippen LogP contribution in [0.25, 0.3) is 0 Å². The zero-order valence-electron chi connectivity index (χ0n) is 10.1. The van der Waals surface area contributed by atoms with Crippen molar-refractivity contribution in [3.05, 3.63) is 58.3 Å². The minimum absolute atomic E-state index is 0.143. The Labute approximate surface area is 115 Å². The molecule has 0 amide bonds. The van der Waals surface area contributed by atoms with E-state index in [0.29, 0.717) is 16.8 Å². The Hall–Kier alpha value is -1.39. The molecule has 3 nitrogen and oxygen atoms in total. The molecular weight excluding hydrogens is 292 g/mol. The van der Waals surface area contributed by atoms with E-state index in [9.17, 15) is 5.11 Å². The number of hydrogen-bond acceptors (Lipinski definition) is 3. The van der Waals surface area contributed by atoms with Gasteiger partial charge in [-0.1, -0.05) is 18.2 Å². The van der Waals surface area contributed by atoms with Gasteiger partial charge in [0.05, 0.1) is 10.2 Å². The summed E-state index contributed by atoms with van der Waals surface area (Å²) in [5.74, 6) is 0.290. The Morgan fingerprint density at radius 2 is 2.11 bits per heavy atom. The summed E-state index contributed by atoms with van der Waals surface area (Å²) in [5.41, 5.74) is 1.86. The summed E-state index contributed by atoms with van der Waals surface area (Å²) in [6.45, 7) is 2.65. The number of aromatic hydroxyl groups is 1. The van der Waals surface area contributed by atoms with Crippen molar-refractivity contribution in [3.8, 4) is 5.75 Å². The number of pyridine rings is 1. The van der Waals surface area contributed by atoms with Crippen molar-refractivity contribution in [3.63, 3.8) is 0 Å². The molecule has 1 aromatic heterocycles. The van der Waals surface area contributed by atoms with E-state index in [4.69, 9.17) is 0 Å². The minimum atomic E-state index is 0.143. The fourth-order valence-electron chi connectivity index (χ4n) is 1.70. The van der Waals surface area contributed by atoms with Gasteiger partial charge in [0.25, 0.3) is 0 Å². The van der Waals surface area contributed by atoms with Crippen LogP contribution < -0.4 is 5.32 Å². The van der Waals surface area contributed by atoms with Gasteiger partial charge in [-0.25, -0.2) is 0 Å². The van der Waals surface area contributed by atoms with Crippen LogP contribution in [0.5, 0.6) is 5.75 Å². The van der Waals surface area contributed by atoms with Crippen molar-refractivity contribution in [2.24, 2.45) is 0 Å². The first kappa shape index (κ1) is 13.1. The molecule has 4 heteroatoms.